The molecule has 0 aliphatic rings. The van der Waals surface area contributed by atoms with Gasteiger partial charge in [-0.2, -0.15) is 0 Å². The third kappa shape index (κ3) is 2.95. The Bertz CT molecular complexity index is 361. The summed E-state index contributed by atoms with van der Waals surface area (Å²) in [6.45, 7) is 7.27. The molecule has 0 atom stereocenters. The quantitative estimate of drug-likeness (QED) is 0.796. The molecule has 0 aromatic heterocycles. The average Bonchev–Trinajstić information content (AvgIpc) is 2.22. The predicted molar refractivity (Wildman–Crippen MR) is 66.6 cm³/mol. The second-order valence-electron chi connectivity index (χ2n) is 4.87. The van der Waals surface area contributed by atoms with Crippen LogP contribution in [-0.2, 0) is 6.54 Å². The third-order valence-corrected chi connectivity index (χ3v) is 3.41. The largest absolute Gasteiger partial charge is 0.398 e. The highest BCUT2D eigenvalue weighted by molar-refractivity contribution is 5.46. The van der Waals surface area contributed by atoms with Crippen LogP contribution in [0.5, 0.6) is 0 Å². The van der Waals surface area contributed by atoms with Gasteiger partial charge in [-0.1, -0.05) is 13.0 Å². The fourth-order valence-electron chi connectivity index (χ4n) is 1.45. The van der Waals surface area contributed by atoms with Crippen molar-refractivity contribution in [3.05, 3.63) is 29.6 Å². The van der Waals surface area contributed by atoms with Gasteiger partial charge in [0.15, 0.2) is 0 Å². The summed E-state index contributed by atoms with van der Waals surface area (Å²) in [5.74, 6) is -0.279. The van der Waals surface area contributed by atoms with Gasteiger partial charge < -0.3 is 5.73 Å². The molecule has 0 spiro atoms. The van der Waals surface area contributed by atoms with Gasteiger partial charge in [-0.05, 0) is 45.0 Å². The second-order valence-corrected chi connectivity index (χ2v) is 4.87. The molecule has 2 nitrogen and oxygen atoms in total. The first kappa shape index (κ1) is 13.0. The van der Waals surface area contributed by atoms with Gasteiger partial charge >= 0.3 is 0 Å². The van der Waals surface area contributed by atoms with Crippen LogP contribution in [0.2, 0.25) is 0 Å². The molecular weight excluding hydrogens is 203 g/mol. The lowest BCUT2D eigenvalue weighted by Gasteiger charge is -2.35. The molecule has 1 rings (SSSR count). The Balaban J connectivity index is 2.81. The molecule has 0 unspecified atom stereocenters. The van der Waals surface area contributed by atoms with E-state index in [1.165, 1.54) is 12.1 Å². The maximum Gasteiger partial charge on any atom is 0.125 e. The van der Waals surface area contributed by atoms with Gasteiger partial charge in [-0.15, -0.1) is 0 Å². The Kier molecular flexibility index (Phi) is 3.92. The van der Waals surface area contributed by atoms with Gasteiger partial charge in [0.25, 0.3) is 0 Å². The zero-order valence-electron chi connectivity index (χ0n) is 10.5. The van der Waals surface area contributed by atoms with E-state index in [-0.39, 0.29) is 11.4 Å². The molecule has 16 heavy (non-hydrogen) atoms. The summed E-state index contributed by atoms with van der Waals surface area (Å²) in [7, 11) is 2.06. The van der Waals surface area contributed by atoms with Crippen LogP contribution in [0.25, 0.3) is 0 Å². The zero-order valence-corrected chi connectivity index (χ0v) is 10.5. The van der Waals surface area contributed by atoms with Gasteiger partial charge in [-0.3, -0.25) is 4.90 Å². The van der Waals surface area contributed by atoms with Crippen LogP contribution in [0, 0.1) is 5.82 Å². The van der Waals surface area contributed by atoms with Crippen LogP contribution >= 0.6 is 0 Å². The van der Waals surface area contributed by atoms with E-state index in [1.54, 1.807) is 6.07 Å². The van der Waals surface area contributed by atoms with E-state index in [0.29, 0.717) is 5.69 Å². The highest BCUT2D eigenvalue weighted by Gasteiger charge is 2.21. The molecule has 0 bridgehead atoms. The summed E-state index contributed by atoms with van der Waals surface area (Å²) in [4.78, 5) is 2.23. The standard InChI is InChI=1S/C13H21FN2/c1-5-13(2,3)16(4)9-10-6-7-11(14)8-12(10)15/h6-8H,5,9,15H2,1-4H3. The van der Waals surface area contributed by atoms with Crippen LogP contribution in [0.4, 0.5) is 10.1 Å². The Labute approximate surface area is 97.3 Å². The number of halogens is 1. The van der Waals surface area contributed by atoms with E-state index in [0.717, 1.165) is 18.5 Å². The van der Waals surface area contributed by atoms with E-state index >= 15 is 0 Å². The van der Waals surface area contributed by atoms with E-state index < -0.39 is 0 Å². The number of anilines is 1. The Morgan fingerprint density at radius 2 is 2.00 bits per heavy atom. The summed E-state index contributed by atoms with van der Waals surface area (Å²) >= 11 is 0. The molecular formula is C13H21FN2. The molecule has 0 aliphatic carbocycles. The molecule has 0 saturated carbocycles. The van der Waals surface area contributed by atoms with Gasteiger partial charge in [-0.25, -0.2) is 4.39 Å². The minimum Gasteiger partial charge on any atom is -0.398 e. The lowest BCUT2D eigenvalue weighted by atomic mass is 9.99. The number of nitrogens with zero attached hydrogens (tertiary/aromatic N) is 1. The van der Waals surface area contributed by atoms with Crippen LogP contribution < -0.4 is 5.73 Å². The van der Waals surface area contributed by atoms with E-state index in [4.69, 9.17) is 5.73 Å². The van der Waals surface area contributed by atoms with Crippen molar-refractivity contribution in [2.75, 3.05) is 12.8 Å². The van der Waals surface area contributed by atoms with Crippen molar-refractivity contribution in [2.45, 2.75) is 39.3 Å². The number of rotatable bonds is 4. The molecule has 0 aliphatic heterocycles. The SMILES string of the molecule is CCC(C)(C)N(C)Cc1ccc(F)cc1N. The average molecular weight is 224 g/mol. The molecule has 2 N–H and O–H groups in total. The van der Waals surface area contributed by atoms with Crippen molar-refractivity contribution >= 4 is 5.69 Å². The highest BCUT2D eigenvalue weighted by Crippen LogP contribution is 2.22. The minimum atomic E-state index is -0.279. The van der Waals surface area contributed by atoms with Gasteiger partial charge in [0, 0.05) is 17.8 Å². The van der Waals surface area contributed by atoms with Gasteiger partial charge in [0.1, 0.15) is 5.82 Å². The maximum atomic E-state index is 12.9. The van der Waals surface area contributed by atoms with Crippen molar-refractivity contribution < 1.29 is 4.39 Å². The van der Waals surface area contributed by atoms with Crippen LogP contribution in [0.3, 0.4) is 0 Å². The normalized spacial score (nSPS) is 12.1. The first-order valence-corrected chi connectivity index (χ1v) is 5.62. The predicted octanol–water partition coefficient (Wildman–Crippen LogP) is 3.03. The number of nitrogen functional groups attached to an aromatic ring is 1. The topological polar surface area (TPSA) is 29.3 Å². The molecule has 0 heterocycles. The van der Waals surface area contributed by atoms with Gasteiger partial charge in [0.05, 0.1) is 0 Å². The van der Waals surface area contributed by atoms with Crippen LogP contribution in [0.15, 0.2) is 18.2 Å². The molecule has 0 amide bonds. The molecule has 0 fully saturated rings. The second kappa shape index (κ2) is 4.83. The summed E-state index contributed by atoms with van der Waals surface area (Å²) in [5.41, 5.74) is 7.42. The Morgan fingerprint density at radius 3 is 2.50 bits per heavy atom. The molecule has 1 aromatic rings. The maximum absolute atomic E-state index is 12.9. The van der Waals surface area contributed by atoms with Crippen molar-refractivity contribution in [3.63, 3.8) is 0 Å². The highest BCUT2D eigenvalue weighted by atomic mass is 19.1. The number of benzene rings is 1. The molecule has 0 saturated heterocycles. The van der Waals surface area contributed by atoms with E-state index in [2.05, 4.69) is 32.7 Å². The van der Waals surface area contributed by atoms with Crippen LogP contribution in [0.1, 0.15) is 32.8 Å². The van der Waals surface area contributed by atoms with Crippen molar-refractivity contribution in [1.29, 1.82) is 0 Å². The Morgan fingerprint density at radius 1 is 1.38 bits per heavy atom. The summed E-state index contributed by atoms with van der Waals surface area (Å²) in [6, 6.07) is 4.59. The first-order chi connectivity index (χ1) is 7.36. The summed E-state index contributed by atoms with van der Waals surface area (Å²) in [5, 5.41) is 0. The molecule has 90 valence electrons. The number of hydrogen-bond donors (Lipinski definition) is 1. The third-order valence-electron chi connectivity index (χ3n) is 3.41. The fourth-order valence-corrected chi connectivity index (χ4v) is 1.45. The first-order valence-electron chi connectivity index (χ1n) is 5.62. The molecule has 1 aromatic carbocycles. The molecule has 0 radical (unpaired) electrons. The van der Waals surface area contributed by atoms with Crippen molar-refractivity contribution in [3.8, 4) is 0 Å². The summed E-state index contributed by atoms with van der Waals surface area (Å²) in [6.07, 6.45) is 1.06. The lowest BCUT2D eigenvalue weighted by Crippen LogP contribution is -2.39. The Hall–Kier alpha value is -1.09. The van der Waals surface area contributed by atoms with Crippen molar-refractivity contribution in [1.82, 2.24) is 4.90 Å². The van der Waals surface area contributed by atoms with Crippen LogP contribution in [-0.4, -0.2) is 17.5 Å². The smallest absolute Gasteiger partial charge is 0.125 e. The minimum absolute atomic E-state index is 0.126. The number of nitrogens with two attached hydrogens (primary N) is 1. The zero-order chi connectivity index (χ0) is 12.3. The lowest BCUT2D eigenvalue weighted by molar-refractivity contribution is 0.143. The molecule has 3 heteroatoms. The van der Waals surface area contributed by atoms with E-state index in [1.807, 2.05) is 0 Å². The van der Waals surface area contributed by atoms with E-state index in [9.17, 15) is 4.39 Å². The van der Waals surface area contributed by atoms with Crippen molar-refractivity contribution in [2.24, 2.45) is 0 Å². The fraction of sp³-hybridized carbons (Fsp3) is 0.538. The summed E-state index contributed by atoms with van der Waals surface area (Å²) < 4.78 is 12.9. The monoisotopic (exact) mass is 224 g/mol. The van der Waals surface area contributed by atoms with Gasteiger partial charge in [0.2, 0.25) is 0 Å². The number of hydrogen-bond acceptors (Lipinski definition) is 2.